The van der Waals surface area contributed by atoms with Crippen LogP contribution in [0.4, 0.5) is 9.59 Å². The Kier molecular flexibility index (Phi) is 10.1. The molecule has 1 aliphatic heterocycles. The van der Waals surface area contributed by atoms with Crippen molar-refractivity contribution in [3.8, 4) is 0 Å². The number of likely N-dealkylation sites (tertiary alicyclic amines) is 1. The monoisotopic (exact) mass is 505 g/mol. The van der Waals surface area contributed by atoms with E-state index in [1.165, 1.54) is 16.8 Å². The Morgan fingerprint density at radius 1 is 1.00 bits per heavy atom. The summed E-state index contributed by atoms with van der Waals surface area (Å²) in [6.07, 6.45) is -0.179. The molecule has 0 aliphatic carbocycles. The van der Waals surface area contributed by atoms with E-state index in [1.54, 1.807) is 11.8 Å². The topological polar surface area (TPSA) is 106 Å². The summed E-state index contributed by atoms with van der Waals surface area (Å²) in [5.41, 5.74) is -0.533. The summed E-state index contributed by atoms with van der Waals surface area (Å²) >= 11 is 0. The van der Waals surface area contributed by atoms with Gasteiger partial charge in [-0.05, 0) is 53.0 Å². The number of benzene rings is 1. The second-order valence-corrected chi connectivity index (χ2v) is 10.1. The molecule has 10 heteroatoms. The molecule has 0 unspecified atom stereocenters. The molecule has 1 saturated heterocycles. The van der Waals surface area contributed by atoms with Crippen molar-refractivity contribution < 1.29 is 33.4 Å². The van der Waals surface area contributed by atoms with Gasteiger partial charge in [0.25, 0.3) is 0 Å². The van der Waals surface area contributed by atoms with E-state index >= 15 is 0 Å². The minimum Gasteiger partial charge on any atom is -0.465 e. The third-order valence-electron chi connectivity index (χ3n) is 5.96. The number of piperidine rings is 1. The maximum Gasteiger partial charge on any atom is 0.411 e. The maximum absolute atomic E-state index is 13.2. The predicted octanol–water partition coefficient (Wildman–Crippen LogP) is 3.44. The molecule has 0 aromatic heterocycles. The van der Waals surface area contributed by atoms with Crippen LogP contribution in [0.25, 0.3) is 0 Å². The first-order valence-electron chi connectivity index (χ1n) is 12.2. The van der Waals surface area contributed by atoms with E-state index < -0.39 is 35.2 Å². The molecule has 10 nitrogen and oxygen atoms in total. The van der Waals surface area contributed by atoms with E-state index in [4.69, 9.17) is 14.2 Å². The Hall–Kier alpha value is -3.30. The average Bonchev–Trinajstić information content (AvgIpc) is 2.80. The lowest BCUT2D eigenvalue weighted by Crippen LogP contribution is -2.59. The third-order valence-corrected chi connectivity index (χ3v) is 5.96. The van der Waals surface area contributed by atoms with E-state index in [2.05, 4.69) is 0 Å². The zero-order valence-electron chi connectivity index (χ0n) is 22.2. The molecule has 200 valence electrons. The molecule has 0 radical (unpaired) electrons. The summed E-state index contributed by atoms with van der Waals surface area (Å²) in [4.78, 5) is 54.8. The van der Waals surface area contributed by atoms with E-state index in [9.17, 15) is 19.2 Å². The average molecular weight is 506 g/mol. The molecular weight excluding hydrogens is 466 g/mol. The highest BCUT2D eigenvalue weighted by atomic mass is 16.6. The Morgan fingerprint density at radius 2 is 1.61 bits per heavy atom. The van der Waals surface area contributed by atoms with Crippen LogP contribution in [0.2, 0.25) is 0 Å². The van der Waals surface area contributed by atoms with Crippen LogP contribution < -0.4 is 0 Å². The van der Waals surface area contributed by atoms with Gasteiger partial charge < -0.3 is 24.0 Å². The molecule has 0 bridgehead atoms. The molecule has 1 aliphatic rings. The minimum absolute atomic E-state index is 0.0587. The number of esters is 1. The quantitative estimate of drug-likeness (QED) is 0.394. The third kappa shape index (κ3) is 8.73. The summed E-state index contributed by atoms with van der Waals surface area (Å²) in [7, 11) is 1.49. The molecular formula is C26H39N3O7. The van der Waals surface area contributed by atoms with Gasteiger partial charge in [0.2, 0.25) is 5.91 Å². The lowest BCUT2D eigenvalue weighted by atomic mass is 9.88. The number of nitrogens with zero attached hydrogens (tertiary/aromatic N) is 3. The van der Waals surface area contributed by atoms with E-state index in [-0.39, 0.29) is 26.3 Å². The van der Waals surface area contributed by atoms with Crippen molar-refractivity contribution in [3.63, 3.8) is 0 Å². The van der Waals surface area contributed by atoms with Gasteiger partial charge in [-0.25, -0.2) is 9.59 Å². The zero-order valence-corrected chi connectivity index (χ0v) is 22.2. The highest BCUT2D eigenvalue weighted by Crippen LogP contribution is 2.30. The van der Waals surface area contributed by atoms with Crippen molar-refractivity contribution in [3.05, 3.63) is 35.9 Å². The molecule has 1 aromatic rings. The summed E-state index contributed by atoms with van der Waals surface area (Å²) < 4.78 is 16.0. The van der Waals surface area contributed by atoms with E-state index in [0.717, 1.165) is 5.56 Å². The van der Waals surface area contributed by atoms with Crippen LogP contribution in [0.5, 0.6) is 0 Å². The Morgan fingerprint density at radius 3 is 2.17 bits per heavy atom. The van der Waals surface area contributed by atoms with Gasteiger partial charge in [0, 0.05) is 25.7 Å². The van der Waals surface area contributed by atoms with Crippen molar-refractivity contribution in [2.24, 2.45) is 0 Å². The summed E-state index contributed by atoms with van der Waals surface area (Å²) in [6.45, 7) is 9.49. The number of amides is 3. The molecule has 0 spiro atoms. The number of carbonyl (C=O) groups excluding carboxylic acids is 4. The lowest BCUT2D eigenvalue weighted by molar-refractivity contribution is -0.148. The second kappa shape index (κ2) is 12.6. The first kappa shape index (κ1) is 28.9. The van der Waals surface area contributed by atoms with Crippen molar-refractivity contribution in [2.45, 2.75) is 65.2 Å². The molecule has 2 rings (SSSR count). The van der Waals surface area contributed by atoms with Crippen molar-refractivity contribution in [2.75, 3.05) is 39.8 Å². The molecule has 3 amide bonds. The van der Waals surface area contributed by atoms with Crippen LogP contribution in [-0.2, 0) is 30.4 Å². The molecule has 1 aromatic carbocycles. The van der Waals surface area contributed by atoms with E-state index in [1.807, 2.05) is 58.0 Å². The summed E-state index contributed by atoms with van der Waals surface area (Å²) in [5, 5.41) is 0. The lowest BCUT2D eigenvalue weighted by Gasteiger charge is -2.46. The minimum atomic E-state index is -0.743. The first-order chi connectivity index (χ1) is 16.8. The van der Waals surface area contributed by atoms with Crippen LogP contribution in [-0.4, -0.2) is 89.7 Å². The van der Waals surface area contributed by atoms with Gasteiger partial charge in [-0.2, -0.15) is 0 Å². The van der Waals surface area contributed by atoms with Gasteiger partial charge in [-0.1, -0.05) is 30.3 Å². The standard InChI is InChI=1S/C26H39N3O7/c1-7-34-22(31)18-27(6)21(30)17-29(24(33)35-19-20-11-9-8-10-12-20)26(5)13-15-28(16-14-26)23(32)36-25(2,3)4/h8-12H,7,13-19H2,1-6H3. The summed E-state index contributed by atoms with van der Waals surface area (Å²) in [5.74, 6) is -0.945. The highest BCUT2D eigenvalue weighted by molar-refractivity contribution is 5.85. The molecule has 1 heterocycles. The molecule has 0 saturated carbocycles. The first-order valence-corrected chi connectivity index (χ1v) is 12.2. The highest BCUT2D eigenvalue weighted by Gasteiger charge is 2.42. The normalized spacial score (nSPS) is 15.0. The number of hydrogen-bond acceptors (Lipinski definition) is 7. The Bertz CT molecular complexity index is 906. The summed E-state index contributed by atoms with van der Waals surface area (Å²) in [6, 6.07) is 9.26. The molecule has 0 N–H and O–H groups in total. The van der Waals surface area contributed by atoms with Crippen molar-refractivity contribution in [1.29, 1.82) is 0 Å². The number of hydrogen-bond donors (Lipinski definition) is 0. The number of carbonyl (C=O) groups is 4. The smallest absolute Gasteiger partial charge is 0.411 e. The number of ether oxygens (including phenoxy) is 3. The fourth-order valence-electron chi connectivity index (χ4n) is 3.78. The SMILES string of the molecule is CCOC(=O)CN(C)C(=O)CN(C(=O)OCc1ccccc1)C1(C)CCN(C(=O)OC(C)(C)C)CC1. The number of rotatable bonds is 8. The van der Waals surface area contributed by atoms with Gasteiger partial charge in [-0.15, -0.1) is 0 Å². The molecule has 0 atom stereocenters. The van der Waals surface area contributed by atoms with Gasteiger partial charge in [0.05, 0.1) is 6.61 Å². The predicted molar refractivity (Wildman–Crippen MR) is 133 cm³/mol. The van der Waals surface area contributed by atoms with Gasteiger partial charge in [-0.3, -0.25) is 14.5 Å². The fourth-order valence-corrected chi connectivity index (χ4v) is 3.78. The molecule has 1 fully saturated rings. The van der Waals surface area contributed by atoms with Crippen LogP contribution in [0.1, 0.15) is 53.0 Å². The fraction of sp³-hybridized carbons (Fsp3) is 0.615. The van der Waals surface area contributed by atoms with Crippen LogP contribution >= 0.6 is 0 Å². The maximum atomic E-state index is 13.2. The van der Waals surface area contributed by atoms with Gasteiger partial charge >= 0.3 is 18.2 Å². The van der Waals surface area contributed by atoms with Gasteiger partial charge in [0.15, 0.2) is 0 Å². The Balaban J connectivity index is 2.13. The van der Waals surface area contributed by atoms with E-state index in [0.29, 0.717) is 25.9 Å². The van der Waals surface area contributed by atoms with Gasteiger partial charge in [0.1, 0.15) is 25.3 Å². The largest absolute Gasteiger partial charge is 0.465 e. The second-order valence-electron chi connectivity index (χ2n) is 10.1. The van der Waals surface area contributed by atoms with Crippen molar-refractivity contribution in [1.82, 2.24) is 14.7 Å². The van der Waals surface area contributed by atoms with Crippen LogP contribution in [0.15, 0.2) is 30.3 Å². The van der Waals surface area contributed by atoms with Crippen LogP contribution in [0, 0.1) is 0 Å². The van der Waals surface area contributed by atoms with Crippen molar-refractivity contribution >= 4 is 24.1 Å². The number of likely N-dealkylation sites (N-methyl/N-ethyl adjacent to an activating group) is 1. The van der Waals surface area contributed by atoms with Crippen LogP contribution in [0.3, 0.4) is 0 Å². The Labute approximate surface area is 213 Å². The molecule has 36 heavy (non-hydrogen) atoms. The zero-order chi connectivity index (χ0) is 26.9.